The minimum Gasteiger partial charge on any atom is -0.389 e. The second-order valence-corrected chi connectivity index (χ2v) is 4.44. The monoisotopic (exact) mass is 217 g/mol. The predicted molar refractivity (Wildman–Crippen MR) is 58.9 cm³/mol. The van der Waals surface area contributed by atoms with Crippen molar-refractivity contribution >= 4 is 0 Å². The third-order valence-electron chi connectivity index (χ3n) is 2.70. The minimum absolute atomic E-state index is 0.311. The van der Waals surface area contributed by atoms with Crippen molar-refractivity contribution in [2.45, 2.75) is 51.0 Å². The van der Waals surface area contributed by atoms with Crippen LogP contribution in [0.3, 0.4) is 0 Å². The predicted octanol–water partition coefficient (Wildman–Crippen LogP) is 0.539. The van der Waals surface area contributed by atoms with E-state index in [1.807, 2.05) is 0 Å². The maximum atomic E-state index is 9.49. The fraction of sp³-hybridized carbons (Fsp3) is 1.00. The molecule has 0 radical (unpaired) electrons. The molecule has 15 heavy (non-hydrogen) atoms. The van der Waals surface area contributed by atoms with Crippen LogP contribution in [0.5, 0.6) is 0 Å². The summed E-state index contributed by atoms with van der Waals surface area (Å²) >= 11 is 0. The van der Waals surface area contributed by atoms with Crippen LogP contribution in [0.4, 0.5) is 0 Å². The lowest BCUT2D eigenvalue weighted by Gasteiger charge is -2.33. The van der Waals surface area contributed by atoms with E-state index in [9.17, 15) is 5.11 Å². The molecule has 4 heteroatoms. The van der Waals surface area contributed by atoms with Gasteiger partial charge < -0.3 is 19.9 Å². The number of hydrogen-bond donors (Lipinski definition) is 2. The van der Waals surface area contributed by atoms with Gasteiger partial charge in [0.05, 0.1) is 24.9 Å². The van der Waals surface area contributed by atoms with E-state index < -0.39 is 6.10 Å². The summed E-state index contributed by atoms with van der Waals surface area (Å²) in [4.78, 5) is 0. The van der Waals surface area contributed by atoms with Crippen LogP contribution in [0.15, 0.2) is 0 Å². The summed E-state index contributed by atoms with van der Waals surface area (Å²) in [7, 11) is 1.60. The van der Waals surface area contributed by atoms with Gasteiger partial charge in [-0.25, -0.2) is 0 Å². The topological polar surface area (TPSA) is 50.7 Å². The highest BCUT2D eigenvalue weighted by molar-refractivity contribution is 4.79. The normalized spacial score (nSPS) is 34.0. The lowest BCUT2D eigenvalue weighted by molar-refractivity contribution is -0.0442. The zero-order chi connectivity index (χ0) is 11.3. The van der Waals surface area contributed by atoms with Gasteiger partial charge in [-0.05, 0) is 26.7 Å². The molecule has 3 atom stereocenters. The fourth-order valence-electron chi connectivity index (χ4n) is 2.13. The summed E-state index contributed by atoms with van der Waals surface area (Å²) in [5.74, 6) is 0. The van der Waals surface area contributed by atoms with Crippen LogP contribution in [-0.4, -0.2) is 49.7 Å². The zero-order valence-corrected chi connectivity index (χ0v) is 9.90. The van der Waals surface area contributed by atoms with Gasteiger partial charge in [0, 0.05) is 19.7 Å². The van der Waals surface area contributed by atoms with Crippen LogP contribution in [-0.2, 0) is 9.47 Å². The Morgan fingerprint density at radius 2 is 2.00 bits per heavy atom. The SMILES string of the molecule is COCC(O)CNC1CC(C)OC(C)C1. The molecule has 0 aromatic carbocycles. The van der Waals surface area contributed by atoms with Crippen molar-refractivity contribution in [3.05, 3.63) is 0 Å². The van der Waals surface area contributed by atoms with Gasteiger partial charge in [-0.2, -0.15) is 0 Å². The lowest BCUT2D eigenvalue weighted by Crippen LogP contribution is -2.44. The Balaban J connectivity index is 2.20. The molecule has 1 rings (SSSR count). The number of rotatable bonds is 5. The lowest BCUT2D eigenvalue weighted by atomic mass is 10.00. The van der Waals surface area contributed by atoms with Crippen molar-refractivity contribution in [1.29, 1.82) is 0 Å². The van der Waals surface area contributed by atoms with Crippen LogP contribution in [0.1, 0.15) is 26.7 Å². The molecule has 0 saturated carbocycles. The van der Waals surface area contributed by atoms with Gasteiger partial charge >= 0.3 is 0 Å². The molecule has 90 valence electrons. The maximum absolute atomic E-state index is 9.49. The van der Waals surface area contributed by atoms with Crippen molar-refractivity contribution in [3.63, 3.8) is 0 Å². The fourth-order valence-corrected chi connectivity index (χ4v) is 2.13. The standard InChI is InChI=1S/C11H23NO3/c1-8-4-10(5-9(2)15-8)12-6-11(13)7-14-3/h8-13H,4-7H2,1-3H3. The van der Waals surface area contributed by atoms with E-state index in [-0.39, 0.29) is 0 Å². The first kappa shape index (κ1) is 12.9. The summed E-state index contributed by atoms with van der Waals surface area (Å²) in [6, 6.07) is 0.454. The van der Waals surface area contributed by atoms with Crippen LogP contribution >= 0.6 is 0 Å². The van der Waals surface area contributed by atoms with Gasteiger partial charge in [0.2, 0.25) is 0 Å². The van der Waals surface area contributed by atoms with Gasteiger partial charge in [-0.3, -0.25) is 0 Å². The second-order valence-electron chi connectivity index (χ2n) is 4.44. The van der Waals surface area contributed by atoms with Gasteiger partial charge in [0.1, 0.15) is 0 Å². The summed E-state index contributed by atoms with van der Waals surface area (Å²) in [6.07, 6.45) is 2.24. The largest absolute Gasteiger partial charge is 0.389 e. The Labute approximate surface area is 92.0 Å². The van der Waals surface area contributed by atoms with Gasteiger partial charge in [0.15, 0.2) is 0 Å². The highest BCUT2D eigenvalue weighted by atomic mass is 16.5. The summed E-state index contributed by atoms with van der Waals surface area (Å²) in [5, 5.41) is 12.8. The van der Waals surface area contributed by atoms with Crippen LogP contribution < -0.4 is 5.32 Å². The second kappa shape index (κ2) is 6.43. The molecule has 4 nitrogen and oxygen atoms in total. The smallest absolute Gasteiger partial charge is 0.0897 e. The number of hydrogen-bond acceptors (Lipinski definition) is 4. The molecule has 1 saturated heterocycles. The Morgan fingerprint density at radius 1 is 1.40 bits per heavy atom. The van der Waals surface area contributed by atoms with Gasteiger partial charge in [-0.15, -0.1) is 0 Å². The summed E-state index contributed by atoms with van der Waals surface area (Å²) < 4.78 is 10.5. The average Bonchev–Trinajstić information content (AvgIpc) is 2.14. The molecule has 0 aromatic heterocycles. The molecular formula is C11H23NO3. The molecule has 0 spiro atoms. The van der Waals surface area contributed by atoms with E-state index in [1.165, 1.54) is 0 Å². The highest BCUT2D eigenvalue weighted by Gasteiger charge is 2.24. The third-order valence-corrected chi connectivity index (χ3v) is 2.70. The third kappa shape index (κ3) is 4.93. The van der Waals surface area contributed by atoms with E-state index in [1.54, 1.807) is 7.11 Å². The molecular weight excluding hydrogens is 194 g/mol. The molecule has 0 bridgehead atoms. The van der Waals surface area contributed by atoms with Crippen LogP contribution in [0, 0.1) is 0 Å². The summed E-state index contributed by atoms with van der Waals surface area (Å²) in [6.45, 7) is 5.17. The molecule has 0 aromatic rings. The van der Waals surface area contributed by atoms with E-state index >= 15 is 0 Å². The number of ether oxygens (including phenoxy) is 2. The van der Waals surface area contributed by atoms with Crippen molar-refractivity contribution in [3.8, 4) is 0 Å². The van der Waals surface area contributed by atoms with E-state index in [4.69, 9.17) is 9.47 Å². The van der Waals surface area contributed by atoms with Crippen molar-refractivity contribution in [2.24, 2.45) is 0 Å². The highest BCUT2D eigenvalue weighted by Crippen LogP contribution is 2.18. The van der Waals surface area contributed by atoms with Crippen molar-refractivity contribution in [2.75, 3.05) is 20.3 Å². The van der Waals surface area contributed by atoms with Crippen LogP contribution in [0.25, 0.3) is 0 Å². The minimum atomic E-state index is -0.413. The van der Waals surface area contributed by atoms with Crippen molar-refractivity contribution in [1.82, 2.24) is 5.32 Å². The van der Waals surface area contributed by atoms with Crippen molar-refractivity contribution < 1.29 is 14.6 Å². The Morgan fingerprint density at radius 3 is 2.53 bits per heavy atom. The van der Waals surface area contributed by atoms with E-state index in [0.29, 0.717) is 31.4 Å². The average molecular weight is 217 g/mol. The van der Waals surface area contributed by atoms with Gasteiger partial charge in [-0.1, -0.05) is 0 Å². The molecule has 1 heterocycles. The first-order valence-corrected chi connectivity index (χ1v) is 5.67. The van der Waals surface area contributed by atoms with E-state index in [2.05, 4.69) is 19.2 Å². The van der Waals surface area contributed by atoms with Gasteiger partial charge in [0.25, 0.3) is 0 Å². The molecule has 2 N–H and O–H groups in total. The number of aliphatic hydroxyl groups is 1. The van der Waals surface area contributed by atoms with E-state index in [0.717, 1.165) is 12.8 Å². The Bertz CT molecular complexity index is 167. The zero-order valence-electron chi connectivity index (χ0n) is 9.90. The molecule has 3 unspecified atom stereocenters. The maximum Gasteiger partial charge on any atom is 0.0897 e. The van der Waals surface area contributed by atoms with Crippen LogP contribution in [0.2, 0.25) is 0 Å². The Hall–Kier alpha value is -0.160. The molecule has 1 fully saturated rings. The number of methoxy groups -OCH3 is 1. The molecule has 1 aliphatic rings. The molecule has 0 amide bonds. The quantitative estimate of drug-likeness (QED) is 0.705. The number of aliphatic hydroxyl groups excluding tert-OH is 1. The first-order valence-electron chi connectivity index (χ1n) is 5.67. The number of nitrogens with one attached hydrogen (secondary N) is 1. The first-order chi connectivity index (χ1) is 7.11. The Kier molecular flexibility index (Phi) is 5.53. The molecule has 0 aliphatic carbocycles. The summed E-state index contributed by atoms with van der Waals surface area (Å²) in [5.41, 5.74) is 0. The molecule has 1 aliphatic heterocycles.